The number of hydrogen-bond donors (Lipinski definition) is 2. The highest BCUT2D eigenvalue weighted by Crippen LogP contribution is 2.16. The summed E-state index contributed by atoms with van der Waals surface area (Å²) in [4.78, 5) is 0. The van der Waals surface area contributed by atoms with E-state index in [1.165, 1.54) is 0 Å². The lowest BCUT2D eigenvalue weighted by Crippen LogP contribution is -2.44. The van der Waals surface area contributed by atoms with E-state index in [9.17, 15) is 0 Å². The van der Waals surface area contributed by atoms with Crippen LogP contribution >= 0.6 is 0 Å². The summed E-state index contributed by atoms with van der Waals surface area (Å²) in [6.45, 7) is 9.02. The van der Waals surface area contributed by atoms with Gasteiger partial charge in [0.2, 0.25) is 0 Å². The zero-order valence-electron chi connectivity index (χ0n) is 13.1. The Balaban J connectivity index is 3.81. The van der Waals surface area contributed by atoms with Gasteiger partial charge in [-0.15, -0.1) is 0 Å². The van der Waals surface area contributed by atoms with Crippen molar-refractivity contribution in [3.8, 4) is 0 Å². The van der Waals surface area contributed by atoms with E-state index < -0.39 is 8.80 Å². The van der Waals surface area contributed by atoms with Gasteiger partial charge < -0.3 is 23.9 Å². The van der Waals surface area contributed by atoms with Crippen molar-refractivity contribution in [3.63, 3.8) is 0 Å². The maximum atomic E-state index is 5.93. The third-order valence-corrected chi connectivity index (χ3v) is 5.88. The zero-order valence-corrected chi connectivity index (χ0v) is 14.1. The van der Waals surface area contributed by atoms with E-state index in [0.29, 0.717) is 0 Å². The molecular weight excluding hydrogens is 260 g/mol. The summed E-state index contributed by atoms with van der Waals surface area (Å²) in [6.07, 6.45) is 3.20. The lowest BCUT2D eigenvalue weighted by atomic mass is 10.3. The average molecular weight is 292 g/mol. The second kappa shape index (κ2) is 13.0. The van der Waals surface area contributed by atoms with Crippen LogP contribution in [0.15, 0.2) is 0 Å². The highest BCUT2D eigenvalue weighted by atomic mass is 28.4. The van der Waals surface area contributed by atoms with Gasteiger partial charge in [0, 0.05) is 26.9 Å². The summed E-state index contributed by atoms with van der Waals surface area (Å²) in [5.74, 6) is 0. The Morgan fingerprint density at radius 1 is 0.842 bits per heavy atom. The third kappa shape index (κ3) is 9.54. The van der Waals surface area contributed by atoms with Crippen molar-refractivity contribution < 1.29 is 13.3 Å². The van der Waals surface area contributed by atoms with Gasteiger partial charge in [-0.1, -0.05) is 13.8 Å². The molecule has 0 saturated carbocycles. The van der Waals surface area contributed by atoms with Crippen molar-refractivity contribution in [2.45, 2.75) is 39.2 Å². The number of hydrogen-bond acceptors (Lipinski definition) is 5. The number of nitrogens with one attached hydrogen (secondary N) is 2. The normalized spacial score (nSPS) is 12.0. The molecule has 0 fully saturated rings. The number of unbranched alkanes of at least 4 members (excludes halogenated alkanes) is 1. The molecule has 0 unspecified atom stereocenters. The van der Waals surface area contributed by atoms with Crippen LogP contribution in [0.1, 0.15) is 33.1 Å². The minimum Gasteiger partial charge on any atom is -0.377 e. The molecule has 0 bridgehead atoms. The Morgan fingerprint density at radius 3 is 1.95 bits per heavy atom. The van der Waals surface area contributed by atoms with Crippen molar-refractivity contribution in [3.05, 3.63) is 0 Å². The first-order chi connectivity index (χ1) is 9.24. The predicted octanol–water partition coefficient (Wildman–Crippen LogP) is 1.62. The molecule has 0 amide bonds. The van der Waals surface area contributed by atoms with Crippen molar-refractivity contribution in [1.29, 1.82) is 0 Å². The van der Waals surface area contributed by atoms with Gasteiger partial charge in [0.15, 0.2) is 0 Å². The second-order valence-electron chi connectivity index (χ2n) is 4.46. The Bertz CT molecular complexity index is 193. The molecule has 0 aliphatic heterocycles. The molecule has 0 rings (SSSR count). The predicted molar refractivity (Wildman–Crippen MR) is 81.5 cm³/mol. The molecule has 0 aromatic rings. The third-order valence-electron chi connectivity index (χ3n) is 3.03. The Morgan fingerprint density at radius 2 is 1.42 bits per heavy atom. The molecule has 0 atom stereocenters. The maximum absolute atomic E-state index is 5.93. The first-order valence-electron chi connectivity index (χ1n) is 7.40. The molecule has 6 heteroatoms. The standard InChI is InChI=1S/C13H32N2O3Si/c1-5-14-10-7-8-12-18-19(16-3,17-4)13-9-11-15-6-2/h14-15H,5-13H2,1-4H3. The molecule has 0 heterocycles. The Hall–Kier alpha value is 0.0169. The van der Waals surface area contributed by atoms with Gasteiger partial charge in [-0.3, -0.25) is 0 Å². The van der Waals surface area contributed by atoms with E-state index in [-0.39, 0.29) is 0 Å². The smallest absolute Gasteiger partial charge is 0.377 e. The van der Waals surface area contributed by atoms with Crippen molar-refractivity contribution in [2.75, 3.05) is 47.0 Å². The lowest BCUT2D eigenvalue weighted by molar-refractivity contribution is 0.0959. The van der Waals surface area contributed by atoms with Crippen LogP contribution in [-0.4, -0.2) is 55.8 Å². The largest absolute Gasteiger partial charge is 0.500 e. The fourth-order valence-corrected chi connectivity index (χ4v) is 3.86. The van der Waals surface area contributed by atoms with Gasteiger partial charge in [-0.05, 0) is 45.4 Å². The average Bonchev–Trinajstić information content (AvgIpc) is 2.45. The molecular formula is C13H32N2O3Si. The minimum absolute atomic E-state index is 0.723. The van der Waals surface area contributed by atoms with Gasteiger partial charge in [-0.25, -0.2) is 0 Å². The van der Waals surface area contributed by atoms with E-state index in [1.807, 2.05) is 0 Å². The Kier molecular flexibility index (Phi) is 13.0. The highest BCUT2D eigenvalue weighted by molar-refractivity contribution is 6.60. The van der Waals surface area contributed by atoms with Crippen LogP contribution < -0.4 is 10.6 Å². The quantitative estimate of drug-likeness (QED) is 0.376. The van der Waals surface area contributed by atoms with Crippen LogP contribution in [0.3, 0.4) is 0 Å². The van der Waals surface area contributed by atoms with E-state index in [1.54, 1.807) is 14.2 Å². The SMILES string of the molecule is CCNCCCCO[Si](CCCNCC)(OC)OC. The summed E-state index contributed by atoms with van der Waals surface area (Å²) in [5.41, 5.74) is 0. The molecule has 0 aromatic heterocycles. The second-order valence-corrected chi connectivity index (χ2v) is 7.43. The van der Waals surface area contributed by atoms with Crippen LogP contribution in [0, 0.1) is 0 Å². The molecule has 0 saturated heterocycles. The van der Waals surface area contributed by atoms with E-state index in [2.05, 4.69) is 24.5 Å². The van der Waals surface area contributed by atoms with Crippen LogP contribution in [0.4, 0.5) is 0 Å². The first-order valence-corrected chi connectivity index (χ1v) is 9.33. The zero-order chi connectivity index (χ0) is 14.4. The monoisotopic (exact) mass is 292 g/mol. The summed E-state index contributed by atoms with van der Waals surface area (Å²) in [5, 5.41) is 6.61. The minimum atomic E-state index is -2.42. The van der Waals surface area contributed by atoms with E-state index >= 15 is 0 Å². The molecule has 2 N–H and O–H groups in total. The lowest BCUT2D eigenvalue weighted by Gasteiger charge is -2.26. The molecule has 19 heavy (non-hydrogen) atoms. The molecule has 116 valence electrons. The van der Waals surface area contributed by atoms with Gasteiger partial charge in [0.1, 0.15) is 0 Å². The van der Waals surface area contributed by atoms with Crippen LogP contribution in [-0.2, 0) is 13.3 Å². The fourth-order valence-electron chi connectivity index (χ4n) is 1.84. The van der Waals surface area contributed by atoms with Crippen molar-refractivity contribution in [1.82, 2.24) is 10.6 Å². The number of rotatable bonds is 14. The maximum Gasteiger partial charge on any atom is 0.500 e. The topological polar surface area (TPSA) is 51.8 Å². The Labute approximate surface area is 119 Å². The highest BCUT2D eigenvalue weighted by Gasteiger charge is 2.37. The fraction of sp³-hybridized carbons (Fsp3) is 1.00. The van der Waals surface area contributed by atoms with Crippen molar-refractivity contribution in [2.24, 2.45) is 0 Å². The van der Waals surface area contributed by atoms with Crippen molar-refractivity contribution >= 4 is 8.80 Å². The molecule has 0 aliphatic rings. The first kappa shape index (κ1) is 19.0. The van der Waals surface area contributed by atoms with Gasteiger partial charge in [-0.2, -0.15) is 0 Å². The van der Waals surface area contributed by atoms with Crippen LogP contribution in [0.5, 0.6) is 0 Å². The molecule has 0 aromatic carbocycles. The van der Waals surface area contributed by atoms with Gasteiger partial charge in [0.05, 0.1) is 0 Å². The molecule has 5 nitrogen and oxygen atoms in total. The molecule has 0 spiro atoms. The molecule has 0 radical (unpaired) electrons. The summed E-state index contributed by atoms with van der Waals surface area (Å²) >= 11 is 0. The van der Waals surface area contributed by atoms with E-state index in [0.717, 1.165) is 58.1 Å². The van der Waals surface area contributed by atoms with E-state index in [4.69, 9.17) is 13.3 Å². The van der Waals surface area contributed by atoms with Gasteiger partial charge in [0.25, 0.3) is 0 Å². The summed E-state index contributed by atoms with van der Waals surface area (Å²) in [7, 11) is 0.970. The summed E-state index contributed by atoms with van der Waals surface area (Å²) in [6, 6.07) is 0.875. The van der Waals surface area contributed by atoms with Crippen LogP contribution in [0.25, 0.3) is 0 Å². The molecule has 0 aliphatic carbocycles. The van der Waals surface area contributed by atoms with Crippen LogP contribution in [0.2, 0.25) is 6.04 Å². The summed E-state index contributed by atoms with van der Waals surface area (Å²) < 4.78 is 17.0. The van der Waals surface area contributed by atoms with Gasteiger partial charge >= 0.3 is 8.80 Å².